The van der Waals surface area contributed by atoms with Gasteiger partial charge in [0.2, 0.25) is 0 Å². The van der Waals surface area contributed by atoms with Crippen LogP contribution in [0.25, 0.3) is 67.0 Å². The highest BCUT2D eigenvalue weighted by molar-refractivity contribution is 6.15. The molecule has 0 unspecified atom stereocenters. The fraction of sp³-hybridized carbons (Fsp3) is 0.178. The van der Waals surface area contributed by atoms with Gasteiger partial charge in [0.25, 0.3) is 0 Å². The van der Waals surface area contributed by atoms with Gasteiger partial charge in [0.1, 0.15) is 0 Å². The summed E-state index contributed by atoms with van der Waals surface area (Å²) < 4.78 is 2.59. The topological polar surface area (TPSA) is 43.6 Å². The van der Waals surface area contributed by atoms with Gasteiger partial charge in [0.05, 0.1) is 16.7 Å². The van der Waals surface area contributed by atoms with Gasteiger partial charge < -0.3 is 4.57 Å². The third-order valence-corrected chi connectivity index (χ3v) is 11.3. The Morgan fingerprint density at radius 3 is 1.86 bits per heavy atom. The average Bonchev–Trinajstić information content (AvgIpc) is 3.48. The van der Waals surface area contributed by atoms with E-state index in [1.165, 1.54) is 60.9 Å². The Bertz CT molecular complexity index is 2580. The quantitative estimate of drug-likeness (QED) is 0.194. The number of para-hydroxylation sites is 2. The Labute approximate surface area is 286 Å². The highest BCUT2D eigenvalue weighted by Gasteiger charge is 2.43. The number of nitrogens with zero attached hydrogens (tertiary/aromatic N) is 4. The van der Waals surface area contributed by atoms with Crippen molar-refractivity contribution < 1.29 is 0 Å². The molecule has 0 spiro atoms. The lowest BCUT2D eigenvalue weighted by Gasteiger charge is -2.42. The minimum atomic E-state index is -0.157. The van der Waals surface area contributed by atoms with Gasteiger partial charge >= 0.3 is 0 Å². The molecule has 2 aromatic heterocycles. The summed E-state index contributed by atoms with van der Waals surface area (Å²) in [6, 6.07) is 37.7. The van der Waals surface area contributed by atoms with Gasteiger partial charge in [-0.25, -0.2) is 15.0 Å². The minimum absolute atomic E-state index is 0.0824. The first-order chi connectivity index (χ1) is 23.8. The van der Waals surface area contributed by atoms with E-state index < -0.39 is 0 Å². The Kier molecular flexibility index (Phi) is 5.77. The first-order valence-corrected chi connectivity index (χ1v) is 17.4. The molecule has 1 aliphatic carbocycles. The molecule has 7 aromatic rings. The molecule has 4 heterocycles. The first-order valence-electron chi connectivity index (χ1n) is 17.4. The molecule has 49 heavy (non-hydrogen) atoms. The van der Waals surface area contributed by atoms with E-state index in [0.29, 0.717) is 11.6 Å². The number of benzene rings is 5. The van der Waals surface area contributed by atoms with E-state index in [4.69, 9.17) is 15.0 Å². The fourth-order valence-corrected chi connectivity index (χ4v) is 8.61. The number of rotatable bonds is 4. The van der Waals surface area contributed by atoms with Crippen LogP contribution in [-0.2, 0) is 10.8 Å². The molecule has 2 aliphatic heterocycles. The summed E-state index contributed by atoms with van der Waals surface area (Å²) in [6.45, 7) is 9.56. The van der Waals surface area contributed by atoms with Gasteiger partial charge in [-0.3, -0.25) is 0 Å². The molecule has 4 heteroatoms. The van der Waals surface area contributed by atoms with Gasteiger partial charge in [0.15, 0.2) is 17.5 Å². The zero-order valence-corrected chi connectivity index (χ0v) is 28.3. The third-order valence-electron chi connectivity index (χ3n) is 11.3. The Hall–Kier alpha value is -5.61. The number of fused-ring (bicyclic) bond motifs is 1. The Morgan fingerprint density at radius 2 is 1.14 bits per heavy atom. The van der Waals surface area contributed by atoms with Crippen molar-refractivity contribution >= 4 is 27.4 Å². The SMILES string of the molecule is CC1(C)c2cccc3c2-n2c4c1cccc4c1cc(-c4ccc(-c5nc(C6=CC=CCC6)nc(-c6ccccc6)n5)cc4)cc(c12)C3(C)C. The van der Waals surface area contributed by atoms with E-state index in [0.717, 1.165) is 35.4 Å². The molecular formula is C45H36N4. The number of allylic oxidation sites excluding steroid dienone is 4. The van der Waals surface area contributed by atoms with Crippen LogP contribution in [0.2, 0.25) is 0 Å². The normalized spacial score (nSPS) is 16.4. The van der Waals surface area contributed by atoms with Crippen molar-refractivity contribution in [3.8, 4) is 39.6 Å². The fourth-order valence-electron chi connectivity index (χ4n) is 8.61. The van der Waals surface area contributed by atoms with Gasteiger partial charge in [-0.15, -0.1) is 0 Å². The lowest BCUT2D eigenvalue weighted by atomic mass is 9.68. The van der Waals surface area contributed by atoms with Crippen LogP contribution in [0.4, 0.5) is 0 Å². The largest absolute Gasteiger partial charge is 0.308 e. The van der Waals surface area contributed by atoms with Crippen molar-refractivity contribution in [2.45, 2.75) is 51.4 Å². The molecule has 4 nitrogen and oxygen atoms in total. The van der Waals surface area contributed by atoms with Crippen LogP contribution in [0, 0.1) is 0 Å². The first kappa shape index (κ1) is 28.4. The smallest absolute Gasteiger partial charge is 0.164 e. The summed E-state index contributed by atoms with van der Waals surface area (Å²) in [6.07, 6.45) is 8.35. The average molecular weight is 633 g/mol. The molecular weight excluding hydrogens is 597 g/mol. The van der Waals surface area contributed by atoms with Crippen LogP contribution in [0.3, 0.4) is 0 Å². The van der Waals surface area contributed by atoms with Crippen molar-refractivity contribution in [1.29, 1.82) is 0 Å². The second kappa shape index (κ2) is 9.96. The lowest BCUT2D eigenvalue weighted by Crippen LogP contribution is -2.33. The van der Waals surface area contributed by atoms with Crippen molar-refractivity contribution in [2.75, 3.05) is 0 Å². The maximum Gasteiger partial charge on any atom is 0.164 e. The van der Waals surface area contributed by atoms with E-state index in [9.17, 15) is 0 Å². The zero-order chi connectivity index (χ0) is 33.1. The van der Waals surface area contributed by atoms with Crippen molar-refractivity contribution in [3.63, 3.8) is 0 Å². The Balaban J connectivity index is 1.14. The summed E-state index contributed by atoms with van der Waals surface area (Å²) in [4.78, 5) is 14.9. The summed E-state index contributed by atoms with van der Waals surface area (Å²) in [5.41, 5.74) is 15.0. The monoisotopic (exact) mass is 632 g/mol. The second-order valence-electron chi connectivity index (χ2n) is 14.8. The third kappa shape index (κ3) is 3.95. The van der Waals surface area contributed by atoms with Gasteiger partial charge in [-0.1, -0.05) is 137 Å². The molecule has 10 rings (SSSR count). The van der Waals surface area contributed by atoms with Crippen LogP contribution < -0.4 is 0 Å². The highest BCUT2D eigenvalue weighted by atomic mass is 15.0. The minimum Gasteiger partial charge on any atom is -0.308 e. The van der Waals surface area contributed by atoms with Crippen molar-refractivity contribution in [2.24, 2.45) is 0 Å². The molecule has 0 atom stereocenters. The predicted octanol–water partition coefficient (Wildman–Crippen LogP) is 11.0. The van der Waals surface area contributed by atoms with E-state index >= 15 is 0 Å². The summed E-state index contributed by atoms with van der Waals surface area (Å²) in [5.74, 6) is 2.15. The van der Waals surface area contributed by atoms with Crippen LogP contribution in [-0.4, -0.2) is 19.5 Å². The van der Waals surface area contributed by atoms with Crippen molar-refractivity contribution in [3.05, 3.63) is 149 Å². The van der Waals surface area contributed by atoms with Crippen LogP contribution in [0.15, 0.2) is 121 Å². The lowest BCUT2D eigenvalue weighted by molar-refractivity contribution is 0.594. The predicted molar refractivity (Wildman–Crippen MR) is 201 cm³/mol. The highest BCUT2D eigenvalue weighted by Crippen LogP contribution is 2.55. The van der Waals surface area contributed by atoms with Crippen molar-refractivity contribution in [1.82, 2.24) is 19.5 Å². The summed E-state index contributed by atoms with van der Waals surface area (Å²) in [5, 5.41) is 2.65. The van der Waals surface area contributed by atoms with Crippen LogP contribution in [0.1, 0.15) is 68.6 Å². The molecule has 0 N–H and O–H groups in total. The van der Waals surface area contributed by atoms with Crippen LogP contribution >= 0.6 is 0 Å². The molecule has 0 saturated heterocycles. The second-order valence-corrected chi connectivity index (χ2v) is 14.8. The molecule has 0 radical (unpaired) electrons. The molecule has 5 aromatic carbocycles. The van der Waals surface area contributed by atoms with Crippen LogP contribution in [0.5, 0.6) is 0 Å². The standard InChI is InChI=1S/C45H36N4/c1-44(2)34-18-11-17-32-33-25-31(26-37-39(33)49(38(32)34)40-35(44)19-12-20-36(40)45(37,3)4)27-21-23-30(24-22-27)43-47-41(28-13-7-5-8-14-28)46-42(48-43)29-15-9-6-10-16-29/h5-9,11-15,17-26H,10,16H2,1-4H3. The van der Waals surface area contributed by atoms with Gasteiger partial charge in [0, 0.05) is 32.7 Å². The van der Waals surface area contributed by atoms with Gasteiger partial charge in [-0.05, 0) is 63.9 Å². The molecule has 236 valence electrons. The number of hydrogen-bond donors (Lipinski definition) is 0. The molecule has 0 fully saturated rings. The molecule has 0 amide bonds. The summed E-state index contributed by atoms with van der Waals surface area (Å²) in [7, 11) is 0. The van der Waals surface area contributed by atoms with E-state index in [2.05, 4.69) is 135 Å². The van der Waals surface area contributed by atoms with Gasteiger partial charge in [-0.2, -0.15) is 0 Å². The maximum absolute atomic E-state index is 5.01. The zero-order valence-electron chi connectivity index (χ0n) is 28.3. The molecule has 3 aliphatic rings. The van der Waals surface area contributed by atoms with E-state index in [1.54, 1.807) is 0 Å². The molecule has 0 saturated carbocycles. The van der Waals surface area contributed by atoms with E-state index in [-0.39, 0.29) is 10.8 Å². The van der Waals surface area contributed by atoms with E-state index in [1.807, 2.05) is 18.2 Å². The maximum atomic E-state index is 5.01. The summed E-state index contributed by atoms with van der Waals surface area (Å²) >= 11 is 0. The molecule has 0 bridgehead atoms. The Morgan fingerprint density at radius 1 is 0.531 bits per heavy atom. The number of aromatic nitrogens is 4. The number of hydrogen-bond acceptors (Lipinski definition) is 3.